The lowest BCUT2D eigenvalue weighted by Crippen LogP contribution is -2.42. The lowest BCUT2D eigenvalue weighted by molar-refractivity contribution is -0.124. The largest absolute Gasteiger partial charge is 0.480 e. The second kappa shape index (κ2) is 12.7. The molecule has 0 aromatic carbocycles. The van der Waals surface area contributed by atoms with Gasteiger partial charge >= 0.3 is 0 Å². The number of carbonyl (C=O) groups is 1. The number of methoxy groups -OCH3 is 1. The maximum absolute atomic E-state index is 14.0. The van der Waals surface area contributed by atoms with Crippen molar-refractivity contribution < 1.29 is 14.6 Å². The molecule has 0 saturated heterocycles. The monoisotopic (exact) mass is 565 g/mol. The van der Waals surface area contributed by atoms with Crippen molar-refractivity contribution in [2.75, 3.05) is 18.6 Å². The van der Waals surface area contributed by atoms with Crippen LogP contribution in [0.3, 0.4) is 0 Å². The van der Waals surface area contributed by atoms with Crippen molar-refractivity contribution in [1.82, 2.24) is 19.7 Å². The first-order valence-corrected chi connectivity index (χ1v) is 14.9. The molecule has 0 unspecified atom stereocenters. The van der Waals surface area contributed by atoms with Crippen LogP contribution in [0.2, 0.25) is 5.02 Å². The minimum Gasteiger partial charge on any atom is -0.480 e. The zero-order valence-corrected chi connectivity index (χ0v) is 24.4. The van der Waals surface area contributed by atoms with Gasteiger partial charge in [0.25, 0.3) is 0 Å². The average Bonchev–Trinajstić information content (AvgIpc) is 3.47. The van der Waals surface area contributed by atoms with Crippen molar-refractivity contribution in [3.8, 4) is 17.0 Å². The Kier molecular flexibility index (Phi) is 9.06. The Morgan fingerprint density at radius 1 is 1.07 bits per heavy atom. The van der Waals surface area contributed by atoms with Gasteiger partial charge < -0.3 is 9.84 Å². The van der Waals surface area contributed by atoms with E-state index in [1.807, 2.05) is 46.4 Å². The molecule has 8 nitrogen and oxygen atoms in total. The Hall–Kier alpha value is -2.97. The maximum Gasteiger partial charge on any atom is 0.232 e. The molecule has 0 atom stereocenters. The molecule has 214 valence electrons. The van der Waals surface area contributed by atoms with E-state index in [2.05, 4.69) is 28.9 Å². The highest BCUT2D eigenvalue weighted by molar-refractivity contribution is 6.31. The third-order valence-corrected chi connectivity index (χ3v) is 8.85. The van der Waals surface area contributed by atoms with Crippen LogP contribution in [0.4, 0.5) is 5.82 Å². The number of aliphatic hydroxyl groups excluding tert-OH is 1. The number of nitrogens with zero attached hydrogens (tertiary/aromatic N) is 5. The van der Waals surface area contributed by atoms with E-state index >= 15 is 0 Å². The fraction of sp³-hybridized carbons (Fsp3) is 0.548. The second-order valence-corrected chi connectivity index (χ2v) is 12.0. The summed E-state index contributed by atoms with van der Waals surface area (Å²) in [6, 6.07) is 6.25. The fourth-order valence-electron chi connectivity index (χ4n) is 6.10. The van der Waals surface area contributed by atoms with Crippen LogP contribution < -0.4 is 9.64 Å². The van der Waals surface area contributed by atoms with Crippen molar-refractivity contribution in [1.29, 1.82) is 0 Å². The van der Waals surface area contributed by atoms with E-state index in [1.54, 1.807) is 13.3 Å². The van der Waals surface area contributed by atoms with Crippen molar-refractivity contribution in [2.45, 2.75) is 83.3 Å². The summed E-state index contributed by atoms with van der Waals surface area (Å²) in [5, 5.41) is 15.1. The summed E-state index contributed by atoms with van der Waals surface area (Å²) in [6.07, 6.45) is 14.1. The van der Waals surface area contributed by atoms with Crippen LogP contribution in [0, 0.1) is 11.8 Å². The number of halogens is 1. The SMILES string of the molecule is COc1ncc(C2CCC(CN(C(=O)C3CCC(O)CC3)c3cc(-c4cnn(C(C)C)c4)ccn3)CC2)cc1Cl. The highest BCUT2D eigenvalue weighted by atomic mass is 35.5. The number of anilines is 1. The molecule has 0 radical (unpaired) electrons. The molecule has 2 saturated carbocycles. The molecule has 2 aliphatic carbocycles. The smallest absolute Gasteiger partial charge is 0.232 e. The van der Waals surface area contributed by atoms with Gasteiger partial charge in [0.2, 0.25) is 11.8 Å². The van der Waals surface area contributed by atoms with Crippen molar-refractivity contribution in [2.24, 2.45) is 11.8 Å². The highest BCUT2D eigenvalue weighted by Crippen LogP contribution is 2.39. The Bertz CT molecular complexity index is 1300. The Balaban J connectivity index is 1.33. The highest BCUT2D eigenvalue weighted by Gasteiger charge is 2.33. The van der Waals surface area contributed by atoms with Crippen molar-refractivity contribution in [3.05, 3.63) is 53.6 Å². The number of aromatic nitrogens is 4. The topological polar surface area (TPSA) is 93.4 Å². The summed E-state index contributed by atoms with van der Waals surface area (Å²) >= 11 is 6.35. The predicted molar refractivity (Wildman–Crippen MR) is 157 cm³/mol. The molecule has 9 heteroatoms. The van der Waals surface area contributed by atoms with Crippen LogP contribution in [-0.2, 0) is 4.79 Å². The lowest BCUT2D eigenvalue weighted by atomic mass is 9.78. The summed E-state index contributed by atoms with van der Waals surface area (Å²) in [5.74, 6) is 1.97. The van der Waals surface area contributed by atoms with E-state index in [0.717, 1.165) is 55.2 Å². The van der Waals surface area contributed by atoms with Crippen LogP contribution in [0.5, 0.6) is 5.88 Å². The summed E-state index contributed by atoms with van der Waals surface area (Å²) < 4.78 is 7.15. The number of hydrogen-bond acceptors (Lipinski definition) is 6. The molecule has 2 fully saturated rings. The molecule has 0 bridgehead atoms. The molecule has 0 aliphatic heterocycles. The van der Waals surface area contributed by atoms with Crippen LogP contribution in [0.1, 0.15) is 82.7 Å². The van der Waals surface area contributed by atoms with Gasteiger partial charge in [0.05, 0.1) is 19.4 Å². The molecular weight excluding hydrogens is 526 g/mol. The molecule has 40 heavy (non-hydrogen) atoms. The first-order chi connectivity index (χ1) is 19.3. The molecule has 2 aliphatic rings. The molecule has 3 heterocycles. The van der Waals surface area contributed by atoms with Gasteiger partial charge in [-0.05, 0) is 106 Å². The van der Waals surface area contributed by atoms with E-state index in [4.69, 9.17) is 16.3 Å². The van der Waals surface area contributed by atoms with Crippen LogP contribution in [0.15, 0.2) is 43.0 Å². The maximum atomic E-state index is 14.0. The van der Waals surface area contributed by atoms with Crippen LogP contribution in [-0.4, -0.2) is 50.5 Å². The van der Waals surface area contributed by atoms with E-state index in [9.17, 15) is 9.90 Å². The molecule has 3 aromatic rings. The molecule has 5 rings (SSSR count). The summed E-state index contributed by atoms with van der Waals surface area (Å²) in [6.45, 7) is 4.85. The van der Waals surface area contributed by atoms with Gasteiger partial charge in [-0.1, -0.05) is 11.6 Å². The quantitative estimate of drug-likeness (QED) is 0.338. The normalized spacial score (nSPS) is 23.2. The van der Waals surface area contributed by atoms with Gasteiger partial charge in [-0.15, -0.1) is 0 Å². The summed E-state index contributed by atoms with van der Waals surface area (Å²) in [5.41, 5.74) is 3.16. The van der Waals surface area contributed by atoms with Gasteiger partial charge in [-0.2, -0.15) is 5.10 Å². The summed E-state index contributed by atoms with van der Waals surface area (Å²) in [4.78, 5) is 24.9. The zero-order valence-electron chi connectivity index (χ0n) is 23.7. The zero-order chi connectivity index (χ0) is 28.2. The number of amides is 1. The first-order valence-electron chi connectivity index (χ1n) is 14.5. The first kappa shape index (κ1) is 28.6. The second-order valence-electron chi connectivity index (χ2n) is 11.6. The molecule has 3 aromatic heterocycles. The molecule has 1 N–H and O–H groups in total. The van der Waals surface area contributed by atoms with Gasteiger partial charge in [-0.3, -0.25) is 14.4 Å². The minimum absolute atomic E-state index is 0.0820. The average molecular weight is 566 g/mol. The van der Waals surface area contributed by atoms with E-state index in [-0.39, 0.29) is 24.0 Å². The van der Waals surface area contributed by atoms with E-state index < -0.39 is 0 Å². The third kappa shape index (κ3) is 6.50. The summed E-state index contributed by atoms with van der Waals surface area (Å²) in [7, 11) is 1.57. The van der Waals surface area contributed by atoms with Gasteiger partial charge in [-0.25, -0.2) is 9.97 Å². The lowest BCUT2D eigenvalue weighted by Gasteiger charge is -2.35. The standard InChI is InChI=1S/C31H40ClN5O3/c1-20(2)37-19-26(17-35-37)24-12-13-33-29(15-24)36(31(39)23-8-10-27(38)11-9-23)18-21-4-6-22(7-5-21)25-14-28(32)30(40-3)34-16-25/h12-17,19-23,27,38H,4-11,18H2,1-3H3. The van der Waals surface area contributed by atoms with Crippen LogP contribution >= 0.6 is 11.6 Å². The number of carbonyl (C=O) groups excluding carboxylic acids is 1. The van der Waals surface area contributed by atoms with Crippen molar-refractivity contribution >= 4 is 23.3 Å². The van der Waals surface area contributed by atoms with Gasteiger partial charge in [0.1, 0.15) is 10.8 Å². The molecule has 1 amide bonds. The van der Waals surface area contributed by atoms with Crippen molar-refractivity contribution in [3.63, 3.8) is 0 Å². The van der Waals surface area contributed by atoms with Crippen LogP contribution in [0.25, 0.3) is 11.1 Å². The number of hydrogen-bond donors (Lipinski definition) is 1. The number of aliphatic hydroxyl groups is 1. The molecular formula is C31H40ClN5O3. The number of ether oxygens (including phenoxy) is 1. The van der Waals surface area contributed by atoms with Gasteiger partial charge in [0.15, 0.2) is 0 Å². The molecule has 0 spiro atoms. The predicted octanol–water partition coefficient (Wildman–Crippen LogP) is 6.44. The fourth-order valence-corrected chi connectivity index (χ4v) is 6.36. The Morgan fingerprint density at radius 3 is 2.48 bits per heavy atom. The van der Waals surface area contributed by atoms with Gasteiger partial charge in [0, 0.05) is 42.7 Å². The Morgan fingerprint density at radius 2 is 1.82 bits per heavy atom. The van der Waals surface area contributed by atoms with E-state index in [1.165, 1.54) is 0 Å². The number of pyridine rings is 2. The third-order valence-electron chi connectivity index (χ3n) is 8.58. The Labute approximate surface area is 241 Å². The van der Waals surface area contributed by atoms with E-state index in [0.29, 0.717) is 47.9 Å². The minimum atomic E-state index is -0.298. The number of rotatable bonds is 8.